The molecule has 1 aliphatic carbocycles. The van der Waals surface area contributed by atoms with Gasteiger partial charge in [0.1, 0.15) is 5.82 Å². The minimum absolute atomic E-state index is 0.0905. The molecular formula is C27H22F6O. The van der Waals surface area contributed by atoms with E-state index in [9.17, 15) is 26.3 Å². The van der Waals surface area contributed by atoms with Crippen molar-refractivity contribution in [3.05, 3.63) is 88.2 Å². The van der Waals surface area contributed by atoms with Crippen LogP contribution in [0.15, 0.2) is 48.5 Å². The molecule has 0 fully saturated rings. The molecule has 1 aliphatic rings. The number of hydrogen-bond acceptors (Lipinski definition) is 1. The van der Waals surface area contributed by atoms with Crippen molar-refractivity contribution in [2.45, 2.75) is 45.4 Å². The summed E-state index contributed by atoms with van der Waals surface area (Å²) in [5.74, 6) is -5.42. The van der Waals surface area contributed by atoms with Gasteiger partial charge in [-0.15, -0.1) is 13.2 Å². The molecule has 0 spiro atoms. The Bertz CT molecular complexity index is 1200. The van der Waals surface area contributed by atoms with E-state index in [0.29, 0.717) is 30.5 Å². The average molecular weight is 476 g/mol. The largest absolute Gasteiger partial charge is 0.573 e. The zero-order valence-electron chi connectivity index (χ0n) is 18.4. The fourth-order valence-corrected chi connectivity index (χ4v) is 4.16. The Morgan fingerprint density at radius 2 is 1.50 bits per heavy atom. The fraction of sp³-hybridized carbons (Fsp3) is 0.259. The summed E-state index contributed by atoms with van der Waals surface area (Å²) < 4.78 is 83.7. The lowest BCUT2D eigenvalue weighted by molar-refractivity contribution is -0.276. The molecule has 4 rings (SSSR count). The van der Waals surface area contributed by atoms with Gasteiger partial charge >= 0.3 is 6.36 Å². The number of ether oxygens (including phenoxy) is 1. The van der Waals surface area contributed by atoms with Gasteiger partial charge in [0, 0.05) is 5.56 Å². The molecule has 0 heterocycles. The number of benzene rings is 3. The Balaban J connectivity index is 1.63. The zero-order chi connectivity index (χ0) is 24.5. The minimum atomic E-state index is -5.25. The predicted octanol–water partition coefficient (Wildman–Crippen LogP) is 8.50. The second kappa shape index (κ2) is 9.57. The number of allylic oxidation sites excluding steroid dienone is 1. The molecule has 0 atom stereocenters. The van der Waals surface area contributed by atoms with E-state index >= 15 is 0 Å². The lowest BCUT2D eigenvalue weighted by Crippen LogP contribution is -2.19. The quantitative estimate of drug-likeness (QED) is 0.324. The summed E-state index contributed by atoms with van der Waals surface area (Å²) in [7, 11) is 0. The van der Waals surface area contributed by atoms with E-state index in [1.54, 1.807) is 0 Å². The highest BCUT2D eigenvalue weighted by Gasteiger charge is 2.34. The summed E-state index contributed by atoms with van der Waals surface area (Å²) in [6.45, 7) is 2.15. The summed E-state index contributed by atoms with van der Waals surface area (Å²) >= 11 is 0. The van der Waals surface area contributed by atoms with Crippen LogP contribution in [0.25, 0.3) is 22.8 Å². The molecule has 0 saturated carbocycles. The predicted molar refractivity (Wildman–Crippen MR) is 120 cm³/mol. The monoisotopic (exact) mass is 476 g/mol. The summed E-state index contributed by atoms with van der Waals surface area (Å²) in [4.78, 5) is 0. The Morgan fingerprint density at radius 3 is 2.12 bits per heavy atom. The number of rotatable bonds is 6. The molecule has 0 saturated heterocycles. The van der Waals surface area contributed by atoms with Crippen molar-refractivity contribution in [1.82, 2.24) is 0 Å². The first kappa shape index (κ1) is 23.9. The number of unbranched alkanes of at least 4 members (excludes halogenated alkanes) is 1. The highest BCUT2D eigenvalue weighted by atomic mass is 19.4. The van der Waals surface area contributed by atoms with Gasteiger partial charge in [0.25, 0.3) is 0 Å². The lowest BCUT2D eigenvalue weighted by Gasteiger charge is -2.19. The molecule has 0 unspecified atom stereocenters. The van der Waals surface area contributed by atoms with Gasteiger partial charge < -0.3 is 4.74 Å². The summed E-state index contributed by atoms with van der Waals surface area (Å²) in [6, 6.07) is 12.4. The molecule has 0 aromatic heterocycles. The molecule has 7 heteroatoms. The number of fused-ring (bicyclic) bond motifs is 1. The van der Waals surface area contributed by atoms with E-state index < -0.39 is 29.6 Å². The number of alkyl halides is 3. The van der Waals surface area contributed by atoms with E-state index in [0.717, 1.165) is 36.0 Å². The fourth-order valence-electron chi connectivity index (χ4n) is 4.16. The van der Waals surface area contributed by atoms with Crippen molar-refractivity contribution in [2.24, 2.45) is 0 Å². The van der Waals surface area contributed by atoms with Crippen LogP contribution in [-0.2, 0) is 12.8 Å². The van der Waals surface area contributed by atoms with E-state index in [1.165, 1.54) is 17.7 Å². The minimum Gasteiger partial charge on any atom is -0.399 e. The summed E-state index contributed by atoms with van der Waals surface area (Å²) in [6.07, 6.45) is 1.22. The van der Waals surface area contributed by atoms with Crippen molar-refractivity contribution in [1.29, 1.82) is 0 Å². The van der Waals surface area contributed by atoms with Crippen molar-refractivity contribution in [3.63, 3.8) is 0 Å². The van der Waals surface area contributed by atoms with Crippen molar-refractivity contribution in [2.75, 3.05) is 0 Å². The maximum atomic E-state index is 14.9. The van der Waals surface area contributed by atoms with Gasteiger partial charge in [-0.05, 0) is 83.3 Å². The number of halogens is 6. The first-order valence-electron chi connectivity index (χ1n) is 11.0. The van der Waals surface area contributed by atoms with Gasteiger partial charge in [0.05, 0.1) is 0 Å². The number of hydrogen-bond donors (Lipinski definition) is 0. The molecule has 178 valence electrons. The Labute approximate surface area is 193 Å². The maximum Gasteiger partial charge on any atom is 0.573 e. The molecule has 34 heavy (non-hydrogen) atoms. The third-order valence-electron chi connectivity index (χ3n) is 5.89. The van der Waals surface area contributed by atoms with Crippen LogP contribution in [0.2, 0.25) is 0 Å². The van der Waals surface area contributed by atoms with Crippen molar-refractivity contribution in [3.8, 4) is 16.9 Å². The topological polar surface area (TPSA) is 9.23 Å². The highest BCUT2D eigenvalue weighted by molar-refractivity contribution is 5.85. The van der Waals surface area contributed by atoms with Crippen molar-refractivity contribution >= 4 is 11.6 Å². The average Bonchev–Trinajstić information content (AvgIpc) is 2.79. The second-order valence-electron chi connectivity index (χ2n) is 8.32. The third kappa shape index (κ3) is 5.29. The molecule has 3 aromatic rings. The lowest BCUT2D eigenvalue weighted by atomic mass is 9.86. The van der Waals surface area contributed by atoms with Crippen LogP contribution in [0.4, 0.5) is 26.3 Å². The molecule has 1 nitrogen and oxygen atoms in total. The molecule has 0 bridgehead atoms. The smallest absolute Gasteiger partial charge is 0.399 e. The van der Waals surface area contributed by atoms with E-state index in [4.69, 9.17) is 0 Å². The van der Waals surface area contributed by atoms with Crippen LogP contribution in [0, 0.1) is 17.5 Å². The standard InChI is InChI=1S/C27H22F6O/c1-2-3-4-16-5-7-17(8-6-16)18-9-10-19-12-22(23(28)13-20(19)11-18)21-14-24(29)26(25(30)15-21)34-27(31,32)33/h5-8,11-15H,2-4,9-10H2,1H3. The number of aryl methyl sites for hydroxylation is 2. The Hall–Kier alpha value is -3.22. The first-order valence-corrected chi connectivity index (χ1v) is 11.0. The molecule has 0 N–H and O–H groups in total. The van der Waals surface area contributed by atoms with Gasteiger partial charge in [-0.2, -0.15) is 0 Å². The van der Waals surface area contributed by atoms with Crippen LogP contribution in [0.5, 0.6) is 5.75 Å². The van der Waals surface area contributed by atoms with Crippen LogP contribution in [0.3, 0.4) is 0 Å². The van der Waals surface area contributed by atoms with Gasteiger partial charge in [-0.3, -0.25) is 0 Å². The molecule has 0 amide bonds. The Morgan fingerprint density at radius 1 is 0.824 bits per heavy atom. The second-order valence-corrected chi connectivity index (χ2v) is 8.32. The van der Waals surface area contributed by atoms with Crippen LogP contribution in [0.1, 0.15) is 48.4 Å². The third-order valence-corrected chi connectivity index (χ3v) is 5.89. The van der Waals surface area contributed by atoms with Crippen LogP contribution >= 0.6 is 0 Å². The van der Waals surface area contributed by atoms with Crippen molar-refractivity contribution < 1.29 is 31.1 Å². The molecule has 3 aromatic carbocycles. The van der Waals surface area contributed by atoms with E-state index in [2.05, 4.69) is 35.9 Å². The van der Waals surface area contributed by atoms with Crippen LogP contribution in [-0.4, -0.2) is 6.36 Å². The molecular weight excluding hydrogens is 454 g/mol. The van der Waals surface area contributed by atoms with Gasteiger partial charge in [-0.25, -0.2) is 13.2 Å². The Kier molecular flexibility index (Phi) is 6.73. The van der Waals surface area contributed by atoms with Gasteiger partial charge in [0.2, 0.25) is 5.75 Å². The zero-order valence-corrected chi connectivity index (χ0v) is 18.4. The van der Waals surface area contributed by atoms with Gasteiger partial charge in [-0.1, -0.05) is 43.7 Å². The van der Waals surface area contributed by atoms with E-state index in [-0.39, 0.29) is 11.1 Å². The van der Waals surface area contributed by atoms with Crippen LogP contribution < -0.4 is 4.74 Å². The highest BCUT2D eigenvalue weighted by Crippen LogP contribution is 2.37. The SMILES string of the molecule is CCCCc1ccc(C2=Cc3cc(F)c(-c4cc(F)c(OC(F)(F)F)c(F)c4)cc3CC2)cc1. The molecule has 0 aliphatic heterocycles. The molecule has 0 radical (unpaired) electrons. The first-order chi connectivity index (χ1) is 16.1. The maximum absolute atomic E-state index is 14.9. The summed E-state index contributed by atoms with van der Waals surface area (Å²) in [5, 5.41) is 0. The van der Waals surface area contributed by atoms with Gasteiger partial charge in [0.15, 0.2) is 11.6 Å². The summed E-state index contributed by atoms with van der Waals surface area (Å²) in [5.41, 5.74) is 4.54. The van der Waals surface area contributed by atoms with E-state index in [1.807, 2.05) is 6.08 Å². The normalized spacial score (nSPS) is 13.4.